The molecule has 0 atom stereocenters. The molecule has 0 spiro atoms. The van der Waals surface area contributed by atoms with Gasteiger partial charge in [0.25, 0.3) is 5.91 Å². The Balaban J connectivity index is 1.79. The van der Waals surface area contributed by atoms with Crippen LogP contribution < -0.4 is 0 Å². The van der Waals surface area contributed by atoms with E-state index in [2.05, 4.69) is 0 Å². The van der Waals surface area contributed by atoms with E-state index in [0.29, 0.717) is 0 Å². The zero-order valence-corrected chi connectivity index (χ0v) is 19.0. The molecular formula is C20H21FN4O5S2. The molecule has 1 fully saturated rings. The largest absolute Gasteiger partial charge is 0.336 e. The maximum absolute atomic E-state index is 14.1. The zero-order chi connectivity index (χ0) is 23.7. The van der Waals surface area contributed by atoms with Crippen LogP contribution in [0.4, 0.5) is 4.39 Å². The molecule has 3 rings (SSSR count). The van der Waals surface area contributed by atoms with Gasteiger partial charge >= 0.3 is 0 Å². The van der Waals surface area contributed by atoms with Crippen LogP contribution in [0.1, 0.15) is 15.9 Å². The number of halogens is 1. The normalized spacial score (nSPS) is 15.5. The van der Waals surface area contributed by atoms with E-state index in [0.717, 1.165) is 16.4 Å². The lowest BCUT2D eigenvalue weighted by Crippen LogP contribution is -2.50. The van der Waals surface area contributed by atoms with Crippen LogP contribution in [0.2, 0.25) is 0 Å². The summed E-state index contributed by atoms with van der Waals surface area (Å²) in [7, 11) is -5.49. The van der Waals surface area contributed by atoms with Crippen LogP contribution in [0.3, 0.4) is 0 Å². The molecule has 0 bridgehead atoms. The molecule has 0 saturated carbocycles. The molecule has 0 aliphatic carbocycles. The summed E-state index contributed by atoms with van der Waals surface area (Å²) in [5.74, 6) is -1.50. The van der Waals surface area contributed by atoms with Crippen molar-refractivity contribution in [3.63, 3.8) is 0 Å². The number of nitriles is 1. The van der Waals surface area contributed by atoms with E-state index in [1.165, 1.54) is 47.6 Å². The minimum absolute atomic E-state index is 0.00210. The van der Waals surface area contributed by atoms with Gasteiger partial charge in [0, 0.05) is 45.8 Å². The molecule has 32 heavy (non-hydrogen) atoms. The molecule has 1 aliphatic rings. The lowest BCUT2D eigenvalue weighted by Gasteiger charge is -2.34. The smallest absolute Gasteiger partial charge is 0.253 e. The molecule has 1 aliphatic heterocycles. The van der Waals surface area contributed by atoms with Crippen LogP contribution in [0.15, 0.2) is 52.3 Å². The van der Waals surface area contributed by atoms with Gasteiger partial charge in [0.05, 0.1) is 10.5 Å². The van der Waals surface area contributed by atoms with E-state index < -0.39 is 36.7 Å². The molecule has 9 nitrogen and oxygen atoms in total. The summed E-state index contributed by atoms with van der Waals surface area (Å²) in [6, 6.07) is 10.8. The average molecular weight is 481 g/mol. The van der Waals surface area contributed by atoms with E-state index in [-0.39, 0.29) is 42.2 Å². The minimum Gasteiger partial charge on any atom is -0.336 e. The molecule has 12 heteroatoms. The van der Waals surface area contributed by atoms with Crippen molar-refractivity contribution >= 4 is 26.0 Å². The van der Waals surface area contributed by atoms with Crippen molar-refractivity contribution < 1.29 is 26.0 Å². The van der Waals surface area contributed by atoms with Gasteiger partial charge in [-0.2, -0.15) is 9.57 Å². The summed E-state index contributed by atoms with van der Waals surface area (Å²) < 4.78 is 66.6. The second-order valence-corrected chi connectivity index (χ2v) is 11.3. The fraction of sp³-hybridized carbons (Fsp3) is 0.300. The number of sulfonamides is 2. The predicted molar refractivity (Wildman–Crippen MR) is 113 cm³/mol. The number of nitrogens with zero attached hydrogens (tertiary/aromatic N) is 4. The number of carbonyl (C=O) groups is 1. The first-order valence-corrected chi connectivity index (χ1v) is 12.4. The van der Waals surface area contributed by atoms with Crippen molar-refractivity contribution in [2.45, 2.75) is 9.79 Å². The van der Waals surface area contributed by atoms with Gasteiger partial charge in [-0.15, -0.1) is 0 Å². The van der Waals surface area contributed by atoms with E-state index in [1.54, 1.807) is 6.07 Å². The molecule has 170 valence electrons. The number of benzene rings is 2. The maximum atomic E-state index is 14.1. The molecule has 0 aromatic heterocycles. The maximum Gasteiger partial charge on any atom is 0.253 e. The summed E-state index contributed by atoms with van der Waals surface area (Å²) in [5.41, 5.74) is 0.0184. The van der Waals surface area contributed by atoms with Crippen LogP contribution in [-0.2, 0) is 20.0 Å². The number of hydrogen-bond donors (Lipinski definition) is 0. The number of hydrogen-bond acceptors (Lipinski definition) is 6. The molecular weight excluding hydrogens is 459 g/mol. The van der Waals surface area contributed by atoms with Gasteiger partial charge in [-0.05, 0) is 30.3 Å². The van der Waals surface area contributed by atoms with E-state index in [1.807, 2.05) is 6.07 Å². The summed E-state index contributed by atoms with van der Waals surface area (Å²) >= 11 is 0. The average Bonchev–Trinajstić information content (AvgIpc) is 2.78. The van der Waals surface area contributed by atoms with Crippen LogP contribution in [0.5, 0.6) is 0 Å². The Bertz CT molecular complexity index is 1300. The predicted octanol–water partition coefficient (Wildman–Crippen LogP) is 1.09. The first-order chi connectivity index (χ1) is 15.0. The van der Waals surface area contributed by atoms with Crippen molar-refractivity contribution in [3.8, 4) is 6.07 Å². The van der Waals surface area contributed by atoms with Gasteiger partial charge < -0.3 is 4.90 Å². The van der Waals surface area contributed by atoms with Crippen molar-refractivity contribution in [2.24, 2.45) is 0 Å². The molecule has 1 heterocycles. The van der Waals surface area contributed by atoms with Gasteiger partial charge in [0.15, 0.2) is 0 Å². The molecule has 1 amide bonds. The third-order valence-electron chi connectivity index (χ3n) is 5.09. The van der Waals surface area contributed by atoms with Crippen LogP contribution in [-0.4, -0.2) is 76.5 Å². The highest BCUT2D eigenvalue weighted by molar-refractivity contribution is 7.89. The molecule has 0 N–H and O–H groups in total. The summed E-state index contributed by atoms with van der Waals surface area (Å²) in [4.78, 5) is 13.5. The lowest BCUT2D eigenvalue weighted by molar-refractivity contribution is 0.0697. The second kappa shape index (κ2) is 8.95. The Morgan fingerprint density at radius 3 is 2.22 bits per heavy atom. The highest BCUT2D eigenvalue weighted by Gasteiger charge is 2.32. The number of carbonyl (C=O) groups excluding carboxylic acids is 1. The Hall–Kier alpha value is -2.85. The zero-order valence-electron chi connectivity index (χ0n) is 17.4. The van der Waals surface area contributed by atoms with Crippen LogP contribution in [0, 0.1) is 17.1 Å². The topological polar surface area (TPSA) is 119 Å². The second-order valence-electron chi connectivity index (χ2n) is 7.24. The van der Waals surface area contributed by atoms with Crippen LogP contribution >= 0.6 is 0 Å². The first-order valence-electron chi connectivity index (χ1n) is 9.51. The third kappa shape index (κ3) is 4.37. The van der Waals surface area contributed by atoms with Crippen molar-refractivity contribution in [1.29, 1.82) is 5.26 Å². The van der Waals surface area contributed by atoms with Gasteiger partial charge in [0.1, 0.15) is 16.8 Å². The molecule has 2 aromatic rings. The number of piperazine rings is 1. The monoisotopic (exact) mass is 480 g/mol. The molecule has 1 saturated heterocycles. The highest BCUT2D eigenvalue weighted by Crippen LogP contribution is 2.23. The Kier molecular flexibility index (Phi) is 6.66. The van der Waals surface area contributed by atoms with E-state index >= 15 is 0 Å². The third-order valence-corrected chi connectivity index (χ3v) is 8.87. The minimum atomic E-state index is -4.09. The van der Waals surface area contributed by atoms with Crippen molar-refractivity contribution in [1.82, 2.24) is 13.5 Å². The fourth-order valence-electron chi connectivity index (χ4n) is 3.27. The lowest BCUT2D eigenvalue weighted by atomic mass is 10.2. The number of amides is 1. The standard InChI is InChI=1S/C20H21FN4O5S2/c1-23(2)31(27,28)19-13-15(7-8-17(19)21)20(26)24-9-11-25(12-10-24)32(29,30)18-6-4-3-5-16(18)14-22/h3-8,13H,9-12H2,1-2H3. The fourth-order valence-corrected chi connectivity index (χ4v) is 5.82. The van der Waals surface area contributed by atoms with Crippen LogP contribution in [0.25, 0.3) is 0 Å². The van der Waals surface area contributed by atoms with E-state index in [4.69, 9.17) is 0 Å². The van der Waals surface area contributed by atoms with Gasteiger partial charge in [-0.3, -0.25) is 4.79 Å². The number of rotatable bonds is 5. The van der Waals surface area contributed by atoms with Crippen molar-refractivity contribution in [3.05, 3.63) is 59.4 Å². The SMILES string of the molecule is CN(C)S(=O)(=O)c1cc(C(=O)N2CCN(S(=O)(=O)c3ccccc3C#N)CC2)ccc1F. The Morgan fingerprint density at radius 2 is 1.62 bits per heavy atom. The Morgan fingerprint density at radius 1 is 1.00 bits per heavy atom. The Labute approximate surface area is 186 Å². The summed E-state index contributed by atoms with van der Waals surface area (Å²) in [5, 5.41) is 9.20. The summed E-state index contributed by atoms with van der Waals surface area (Å²) in [6.45, 7) is 0.107. The molecule has 0 radical (unpaired) electrons. The van der Waals surface area contributed by atoms with Gasteiger partial charge in [-0.25, -0.2) is 25.5 Å². The van der Waals surface area contributed by atoms with Gasteiger partial charge in [-0.1, -0.05) is 12.1 Å². The first kappa shape index (κ1) is 23.8. The van der Waals surface area contributed by atoms with E-state index in [9.17, 15) is 31.3 Å². The molecule has 2 aromatic carbocycles. The highest BCUT2D eigenvalue weighted by atomic mass is 32.2. The summed E-state index contributed by atoms with van der Waals surface area (Å²) in [6.07, 6.45) is 0. The van der Waals surface area contributed by atoms with Gasteiger partial charge in [0.2, 0.25) is 20.0 Å². The molecule has 0 unspecified atom stereocenters. The van der Waals surface area contributed by atoms with Crippen molar-refractivity contribution in [2.75, 3.05) is 40.3 Å². The quantitative estimate of drug-likeness (QED) is 0.632.